The zero-order valence-electron chi connectivity index (χ0n) is 12.0. The number of unbranched alkanes of at least 4 members (excludes halogenated alkanes) is 1. The second kappa shape index (κ2) is 18.7. The zero-order valence-corrected chi connectivity index (χ0v) is 12.0. The second-order valence-electron chi connectivity index (χ2n) is 4.34. The molecule has 0 aliphatic carbocycles. The van der Waals surface area contributed by atoms with Crippen molar-refractivity contribution in [2.24, 2.45) is 11.8 Å². The Kier molecular flexibility index (Phi) is 26.1. The van der Waals surface area contributed by atoms with E-state index in [0.717, 1.165) is 11.8 Å². The number of rotatable bonds is 4. The van der Waals surface area contributed by atoms with Crippen LogP contribution in [0.15, 0.2) is 0 Å². The van der Waals surface area contributed by atoms with Gasteiger partial charge in [0.05, 0.1) is 0 Å². The molecule has 0 rings (SSSR count). The van der Waals surface area contributed by atoms with Crippen LogP contribution in [0.1, 0.15) is 81.1 Å². The third-order valence-corrected chi connectivity index (χ3v) is 1.95. The Morgan fingerprint density at radius 1 is 0.786 bits per heavy atom. The molecular weight excluding hydrogens is 168 g/mol. The van der Waals surface area contributed by atoms with E-state index in [4.69, 9.17) is 0 Å². The summed E-state index contributed by atoms with van der Waals surface area (Å²) < 4.78 is 0. The first kappa shape index (κ1) is 19.6. The molecule has 14 heavy (non-hydrogen) atoms. The van der Waals surface area contributed by atoms with Gasteiger partial charge in [-0.25, -0.2) is 0 Å². The molecule has 0 saturated heterocycles. The molecule has 0 atom stereocenters. The fourth-order valence-electron chi connectivity index (χ4n) is 0.612. The van der Waals surface area contributed by atoms with Gasteiger partial charge in [0.1, 0.15) is 0 Å². The van der Waals surface area contributed by atoms with Crippen LogP contribution in [0.2, 0.25) is 0 Å². The summed E-state index contributed by atoms with van der Waals surface area (Å²) in [6.45, 7) is 17.4. The Morgan fingerprint density at radius 3 is 1.21 bits per heavy atom. The van der Waals surface area contributed by atoms with Crippen molar-refractivity contribution in [1.82, 2.24) is 0 Å². The second-order valence-corrected chi connectivity index (χ2v) is 4.34. The van der Waals surface area contributed by atoms with Gasteiger partial charge in [-0.3, -0.25) is 0 Å². The molecule has 0 aliphatic rings. The topological polar surface area (TPSA) is 0 Å². The number of hydrogen-bond donors (Lipinski definition) is 0. The molecule has 0 aromatic carbocycles. The van der Waals surface area contributed by atoms with Gasteiger partial charge in [0.25, 0.3) is 0 Å². The van der Waals surface area contributed by atoms with Crippen LogP contribution in [0.4, 0.5) is 0 Å². The Balaban J connectivity index is -0.000000152. The van der Waals surface area contributed by atoms with Gasteiger partial charge in [0.2, 0.25) is 0 Å². The van der Waals surface area contributed by atoms with Crippen molar-refractivity contribution in [2.45, 2.75) is 81.1 Å². The van der Waals surface area contributed by atoms with Gasteiger partial charge in [-0.2, -0.15) is 0 Å². The van der Waals surface area contributed by atoms with Gasteiger partial charge >= 0.3 is 0 Å². The minimum absolute atomic E-state index is 0.884. The Labute approximate surface area is 93.5 Å². The van der Waals surface area contributed by atoms with Crippen LogP contribution in [0.5, 0.6) is 0 Å². The lowest BCUT2D eigenvalue weighted by Gasteiger charge is -1.98. The summed E-state index contributed by atoms with van der Waals surface area (Å²) in [6, 6.07) is 0. The third-order valence-electron chi connectivity index (χ3n) is 1.95. The number of hydrogen-bond acceptors (Lipinski definition) is 0. The van der Waals surface area contributed by atoms with E-state index in [2.05, 4.69) is 41.5 Å². The molecule has 0 amide bonds. The lowest BCUT2D eigenvalue weighted by Crippen LogP contribution is -1.83. The molecule has 0 heterocycles. The van der Waals surface area contributed by atoms with Gasteiger partial charge < -0.3 is 0 Å². The van der Waals surface area contributed by atoms with E-state index in [9.17, 15) is 0 Å². The largest absolute Gasteiger partial charge is 0.0683 e. The maximum Gasteiger partial charge on any atom is -0.0471 e. The highest BCUT2D eigenvalue weighted by Gasteiger charge is 1.88. The predicted molar refractivity (Wildman–Crippen MR) is 70.8 cm³/mol. The normalized spacial score (nSPS) is 9.00. The molecule has 90 valence electrons. The molecule has 0 aromatic rings. The molecule has 0 unspecified atom stereocenters. The fraction of sp³-hybridized carbons (Fsp3) is 1.00. The molecule has 0 spiro atoms. The summed E-state index contributed by atoms with van der Waals surface area (Å²) in [4.78, 5) is 0. The van der Waals surface area contributed by atoms with Crippen LogP contribution < -0.4 is 0 Å². The van der Waals surface area contributed by atoms with Crippen LogP contribution in [0.25, 0.3) is 0 Å². The molecule has 0 fully saturated rings. The van der Waals surface area contributed by atoms with E-state index in [0.29, 0.717) is 0 Å². The van der Waals surface area contributed by atoms with Crippen LogP contribution in [-0.2, 0) is 0 Å². The first-order chi connectivity index (χ1) is 6.54. The fourth-order valence-corrected chi connectivity index (χ4v) is 0.612. The molecule has 0 heteroatoms. The molecule has 0 bridgehead atoms. The van der Waals surface area contributed by atoms with E-state index in [1.807, 2.05) is 13.8 Å². The third kappa shape index (κ3) is 40.3. The van der Waals surface area contributed by atoms with Crippen molar-refractivity contribution in [3.8, 4) is 0 Å². The Bertz CT molecular complexity index is 62.4. The van der Waals surface area contributed by atoms with Crippen LogP contribution in [0, 0.1) is 11.8 Å². The summed E-state index contributed by atoms with van der Waals surface area (Å²) in [6.07, 6.45) is 5.45. The van der Waals surface area contributed by atoms with Crippen molar-refractivity contribution in [3.63, 3.8) is 0 Å². The first-order valence-electron chi connectivity index (χ1n) is 6.54. The minimum atomic E-state index is 0.884. The standard InChI is InChI=1S/C7H16.C5H12.C2H6/c1-4-5-6-7(2)3;1-4-5(2)3;1-2/h7H,4-6H2,1-3H3;5H,4H2,1-3H3;1-2H3. The summed E-state index contributed by atoms with van der Waals surface area (Å²) in [5.74, 6) is 1.79. The van der Waals surface area contributed by atoms with Crippen molar-refractivity contribution in [3.05, 3.63) is 0 Å². The van der Waals surface area contributed by atoms with E-state index in [1.165, 1.54) is 25.7 Å². The van der Waals surface area contributed by atoms with Crippen molar-refractivity contribution in [2.75, 3.05) is 0 Å². The maximum absolute atomic E-state index is 2.27. The van der Waals surface area contributed by atoms with Gasteiger partial charge in [-0.15, -0.1) is 0 Å². The lowest BCUT2D eigenvalue weighted by atomic mass is 10.1. The molecule has 0 saturated carbocycles. The first-order valence-corrected chi connectivity index (χ1v) is 6.54. The van der Waals surface area contributed by atoms with E-state index >= 15 is 0 Å². The molecule has 0 N–H and O–H groups in total. The maximum atomic E-state index is 2.27. The monoisotopic (exact) mass is 202 g/mol. The van der Waals surface area contributed by atoms with Crippen molar-refractivity contribution >= 4 is 0 Å². The molecule has 0 nitrogen and oxygen atoms in total. The molecular formula is C14H34. The van der Waals surface area contributed by atoms with Crippen LogP contribution in [0.3, 0.4) is 0 Å². The van der Waals surface area contributed by atoms with E-state index < -0.39 is 0 Å². The quantitative estimate of drug-likeness (QED) is 0.531. The Morgan fingerprint density at radius 2 is 1.14 bits per heavy atom. The molecule has 0 aliphatic heterocycles. The van der Waals surface area contributed by atoms with Crippen LogP contribution in [-0.4, -0.2) is 0 Å². The summed E-state index contributed by atoms with van der Waals surface area (Å²) in [5.41, 5.74) is 0. The summed E-state index contributed by atoms with van der Waals surface area (Å²) in [7, 11) is 0. The lowest BCUT2D eigenvalue weighted by molar-refractivity contribution is 0.550. The van der Waals surface area contributed by atoms with Gasteiger partial charge in [-0.1, -0.05) is 81.1 Å². The highest BCUT2D eigenvalue weighted by atomic mass is 13.9. The van der Waals surface area contributed by atoms with E-state index in [1.54, 1.807) is 0 Å². The van der Waals surface area contributed by atoms with Gasteiger partial charge in [0.15, 0.2) is 0 Å². The zero-order chi connectivity index (χ0) is 12.0. The Hall–Kier alpha value is 0. The van der Waals surface area contributed by atoms with Crippen molar-refractivity contribution < 1.29 is 0 Å². The average Bonchev–Trinajstić information content (AvgIpc) is 2.18. The average molecular weight is 202 g/mol. The van der Waals surface area contributed by atoms with Crippen LogP contribution >= 0.6 is 0 Å². The molecule has 0 aromatic heterocycles. The SMILES string of the molecule is CC.CCC(C)C.CCCCC(C)C. The van der Waals surface area contributed by atoms with Crippen molar-refractivity contribution in [1.29, 1.82) is 0 Å². The van der Waals surface area contributed by atoms with E-state index in [-0.39, 0.29) is 0 Å². The van der Waals surface area contributed by atoms with Gasteiger partial charge in [-0.05, 0) is 11.8 Å². The summed E-state index contributed by atoms with van der Waals surface area (Å²) in [5, 5.41) is 0. The smallest absolute Gasteiger partial charge is 0.0471 e. The highest BCUT2D eigenvalue weighted by Crippen LogP contribution is 2.04. The minimum Gasteiger partial charge on any atom is -0.0683 e. The highest BCUT2D eigenvalue weighted by molar-refractivity contribution is 4.42. The molecule has 0 radical (unpaired) electrons. The predicted octanol–water partition coefficient (Wildman–Crippen LogP) is 5.91. The van der Waals surface area contributed by atoms with Gasteiger partial charge in [0, 0.05) is 0 Å². The summed E-state index contributed by atoms with van der Waals surface area (Å²) >= 11 is 0.